The molecule has 1 aromatic heterocycles. The quantitative estimate of drug-likeness (QED) is 0.309. The molecule has 2 aromatic carbocycles. The van der Waals surface area contributed by atoms with Gasteiger partial charge in [0.05, 0.1) is 11.6 Å². The van der Waals surface area contributed by atoms with Gasteiger partial charge in [0.1, 0.15) is 29.4 Å². The molecule has 1 fully saturated rings. The summed E-state index contributed by atoms with van der Waals surface area (Å²) in [7, 11) is 0. The molecule has 11 heteroatoms. The van der Waals surface area contributed by atoms with E-state index in [4.69, 9.17) is 21.1 Å². The van der Waals surface area contributed by atoms with Crippen LogP contribution in [0.5, 0.6) is 5.75 Å². The first-order chi connectivity index (χ1) is 20.9. The number of rotatable bonds is 7. The Morgan fingerprint density at radius 2 is 1.91 bits per heavy atom. The zero-order valence-corrected chi connectivity index (χ0v) is 25.5. The Labute approximate surface area is 260 Å². The number of benzene rings is 2. The molecule has 44 heavy (non-hydrogen) atoms. The van der Waals surface area contributed by atoms with Gasteiger partial charge in [-0.2, -0.15) is 0 Å². The number of nitrogens with zero attached hydrogens (tertiary/aromatic N) is 2. The van der Waals surface area contributed by atoms with Crippen LogP contribution in [0, 0.1) is 0 Å². The lowest BCUT2D eigenvalue weighted by atomic mass is 9.99. The van der Waals surface area contributed by atoms with Crippen molar-refractivity contribution >= 4 is 35.3 Å². The van der Waals surface area contributed by atoms with Gasteiger partial charge in [0.2, 0.25) is 5.91 Å². The fraction of sp³-hybridized carbons (Fsp3) is 0.333. The van der Waals surface area contributed by atoms with E-state index in [2.05, 4.69) is 15.6 Å². The predicted molar refractivity (Wildman–Crippen MR) is 166 cm³/mol. The number of carbonyl (C=O) groups excluding carboxylic acids is 3. The Morgan fingerprint density at radius 1 is 1.14 bits per heavy atom. The Morgan fingerprint density at radius 3 is 2.57 bits per heavy atom. The second-order valence-electron chi connectivity index (χ2n) is 11.8. The number of ether oxygens (including phenoxy) is 2. The van der Waals surface area contributed by atoms with Crippen molar-refractivity contribution in [3.8, 4) is 16.9 Å². The van der Waals surface area contributed by atoms with Crippen LogP contribution in [0.2, 0.25) is 5.02 Å². The first-order valence-corrected chi connectivity index (χ1v) is 14.7. The van der Waals surface area contributed by atoms with Crippen LogP contribution >= 0.6 is 11.6 Å². The molecule has 0 spiro atoms. The Hall–Kier alpha value is -4.44. The summed E-state index contributed by atoms with van der Waals surface area (Å²) < 4.78 is 24.7. The van der Waals surface area contributed by atoms with Crippen LogP contribution in [0.4, 0.5) is 15.0 Å². The van der Waals surface area contributed by atoms with Crippen molar-refractivity contribution in [3.05, 3.63) is 88.6 Å². The molecule has 2 N–H and O–H groups in total. The molecule has 0 aliphatic carbocycles. The van der Waals surface area contributed by atoms with E-state index in [1.54, 1.807) is 62.2 Å². The minimum atomic E-state index is -0.958. The molecule has 2 unspecified atom stereocenters. The number of pyridine rings is 1. The fourth-order valence-electron chi connectivity index (χ4n) is 4.96. The largest absolute Gasteiger partial charge is 0.484 e. The van der Waals surface area contributed by atoms with Crippen LogP contribution in [-0.2, 0) is 22.5 Å². The number of alkyl halides is 1. The third-order valence-electron chi connectivity index (χ3n) is 7.08. The van der Waals surface area contributed by atoms with E-state index in [0.717, 1.165) is 22.3 Å². The van der Waals surface area contributed by atoms with Crippen molar-refractivity contribution in [3.63, 3.8) is 0 Å². The molecule has 3 heterocycles. The summed E-state index contributed by atoms with van der Waals surface area (Å²) in [6.07, 6.45) is 3.69. The summed E-state index contributed by atoms with van der Waals surface area (Å²) in [5, 5.41) is 5.83. The highest BCUT2D eigenvalue weighted by molar-refractivity contribution is 6.32. The van der Waals surface area contributed by atoms with Gasteiger partial charge < -0.3 is 19.7 Å². The maximum atomic E-state index is 13.5. The van der Waals surface area contributed by atoms with E-state index >= 15 is 0 Å². The molecule has 9 nitrogen and oxygen atoms in total. The molecular weight excluding hydrogens is 587 g/mol. The highest BCUT2D eigenvalue weighted by Crippen LogP contribution is 2.40. The topological polar surface area (TPSA) is 110 Å². The minimum absolute atomic E-state index is 0.139. The summed E-state index contributed by atoms with van der Waals surface area (Å²) in [4.78, 5) is 42.7. The van der Waals surface area contributed by atoms with Gasteiger partial charge in [-0.25, -0.2) is 14.2 Å². The molecule has 2 aliphatic heterocycles. The van der Waals surface area contributed by atoms with Gasteiger partial charge in [0, 0.05) is 42.9 Å². The van der Waals surface area contributed by atoms with E-state index < -0.39 is 17.9 Å². The summed E-state index contributed by atoms with van der Waals surface area (Å²) in [6.45, 7) is 6.15. The smallest absolute Gasteiger partial charge is 0.413 e. The van der Waals surface area contributed by atoms with E-state index in [-0.39, 0.29) is 31.0 Å². The van der Waals surface area contributed by atoms with Gasteiger partial charge in [0.15, 0.2) is 0 Å². The summed E-state index contributed by atoms with van der Waals surface area (Å²) in [5.74, 6) is 0.463. The molecule has 230 valence electrons. The second-order valence-corrected chi connectivity index (χ2v) is 12.2. The van der Waals surface area contributed by atoms with Crippen LogP contribution in [0.1, 0.15) is 48.7 Å². The van der Waals surface area contributed by atoms with Crippen molar-refractivity contribution in [1.82, 2.24) is 15.2 Å². The molecule has 0 saturated carbocycles. The maximum absolute atomic E-state index is 13.5. The van der Waals surface area contributed by atoms with Crippen LogP contribution in [-0.4, -0.2) is 58.8 Å². The van der Waals surface area contributed by atoms with E-state index in [1.165, 1.54) is 6.08 Å². The molecular formula is C33H34ClFN4O5. The van der Waals surface area contributed by atoms with Crippen molar-refractivity contribution in [2.24, 2.45) is 0 Å². The number of halogens is 2. The molecule has 3 amide bonds. The summed E-state index contributed by atoms with van der Waals surface area (Å²) in [5.41, 5.74) is 3.34. The average Bonchev–Trinajstić information content (AvgIpc) is 3.60. The number of amides is 3. The van der Waals surface area contributed by atoms with Gasteiger partial charge in [0.25, 0.3) is 5.91 Å². The van der Waals surface area contributed by atoms with Gasteiger partial charge in [-0.3, -0.25) is 14.9 Å². The highest BCUT2D eigenvalue weighted by atomic mass is 35.5. The average molecular weight is 621 g/mol. The zero-order valence-electron chi connectivity index (χ0n) is 24.7. The van der Waals surface area contributed by atoms with Gasteiger partial charge in [-0.15, -0.1) is 0 Å². The van der Waals surface area contributed by atoms with Crippen LogP contribution < -0.4 is 15.4 Å². The molecule has 3 aromatic rings. The molecule has 0 radical (unpaired) electrons. The standard InChI is InChI=1S/C33H34ClFN4O5/c1-33(2,3)44-32(42)38-28-10-4-20(17-36-28)18-37-29(40)11-9-26-15-24-14-23(16-27(34)30(24)43-26)21-5-7-22(8-6-21)31(41)39-13-12-25(35)19-39/h4-11,14,16-17,25-26H,12-13,15,18-19H2,1-3H3,(H,37,40)(H,36,38,42). The lowest BCUT2D eigenvalue weighted by molar-refractivity contribution is -0.116. The number of hydrogen-bond acceptors (Lipinski definition) is 6. The number of fused-ring (bicyclic) bond motifs is 1. The van der Waals surface area contributed by atoms with Crippen molar-refractivity contribution in [2.45, 2.75) is 58.0 Å². The normalized spacial score (nSPS) is 17.7. The molecule has 5 rings (SSSR count). The molecule has 2 atom stereocenters. The monoisotopic (exact) mass is 620 g/mol. The number of aromatic nitrogens is 1. The second kappa shape index (κ2) is 13.1. The maximum Gasteiger partial charge on any atom is 0.413 e. The van der Waals surface area contributed by atoms with E-state index in [0.29, 0.717) is 41.5 Å². The van der Waals surface area contributed by atoms with Gasteiger partial charge >= 0.3 is 6.09 Å². The minimum Gasteiger partial charge on any atom is -0.484 e. The van der Waals surface area contributed by atoms with Gasteiger partial charge in [-0.05, 0) is 80.3 Å². The Balaban J connectivity index is 1.12. The lowest BCUT2D eigenvalue weighted by Gasteiger charge is -2.19. The van der Waals surface area contributed by atoms with Crippen LogP contribution in [0.3, 0.4) is 0 Å². The first kappa shape index (κ1) is 31.0. The third-order valence-corrected chi connectivity index (χ3v) is 7.36. The number of nitrogens with one attached hydrogen (secondary N) is 2. The van der Waals surface area contributed by atoms with E-state index in [1.807, 2.05) is 24.3 Å². The molecule has 1 saturated heterocycles. The van der Waals surface area contributed by atoms with Crippen LogP contribution in [0.15, 0.2) is 66.9 Å². The Bertz CT molecular complexity index is 1570. The number of likely N-dealkylation sites (tertiary alicyclic amines) is 1. The molecule has 2 aliphatic rings. The summed E-state index contributed by atoms with van der Waals surface area (Å²) >= 11 is 6.56. The van der Waals surface area contributed by atoms with E-state index in [9.17, 15) is 18.8 Å². The zero-order chi connectivity index (χ0) is 31.4. The van der Waals surface area contributed by atoms with Crippen molar-refractivity contribution in [1.29, 1.82) is 0 Å². The predicted octanol–water partition coefficient (Wildman–Crippen LogP) is 6.11. The number of carbonyl (C=O) groups is 3. The fourth-order valence-corrected chi connectivity index (χ4v) is 5.25. The molecule has 0 bridgehead atoms. The Kier molecular flexibility index (Phi) is 9.20. The first-order valence-electron chi connectivity index (χ1n) is 14.4. The van der Waals surface area contributed by atoms with Crippen LogP contribution in [0.25, 0.3) is 11.1 Å². The number of anilines is 1. The van der Waals surface area contributed by atoms with Crippen molar-refractivity contribution in [2.75, 3.05) is 18.4 Å². The van der Waals surface area contributed by atoms with Gasteiger partial charge in [-0.1, -0.05) is 29.8 Å². The highest BCUT2D eigenvalue weighted by Gasteiger charge is 2.27. The van der Waals surface area contributed by atoms with Crippen molar-refractivity contribution < 1.29 is 28.2 Å². The summed E-state index contributed by atoms with van der Waals surface area (Å²) in [6, 6.07) is 14.4. The lowest BCUT2D eigenvalue weighted by Crippen LogP contribution is -2.28. The SMILES string of the molecule is CC(C)(C)OC(=O)Nc1ccc(CNC(=O)C=CC2Cc3cc(-c4ccc(C(=O)N5CCC(F)C5)cc4)cc(Cl)c3O2)cn1. The number of hydrogen-bond donors (Lipinski definition) is 2. The third kappa shape index (κ3) is 7.93.